The van der Waals surface area contributed by atoms with E-state index in [2.05, 4.69) is 0 Å². The number of thioether (sulfide) groups is 1. The van der Waals surface area contributed by atoms with Crippen LogP contribution in [-0.4, -0.2) is 11.1 Å². The summed E-state index contributed by atoms with van der Waals surface area (Å²) in [7, 11) is 0. The van der Waals surface area contributed by atoms with Crippen LogP contribution in [0.5, 0.6) is 0 Å². The fourth-order valence-corrected chi connectivity index (χ4v) is 2.90. The largest absolute Gasteiger partial charge is 0.475 e. The van der Waals surface area contributed by atoms with Crippen LogP contribution in [0.4, 0.5) is 0 Å². The molecule has 5 heteroatoms. The first-order chi connectivity index (χ1) is 7.27. The zero-order chi connectivity index (χ0) is 10.7. The molecule has 0 saturated heterocycles. The first-order valence-corrected chi connectivity index (χ1v) is 6.10. The van der Waals surface area contributed by atoms with Gasteiger partial charge in [0.15, 0.2) is 0 Å². The topological polar surface area (TPSA) is 50.4 Å². The number of thiophene rings is 1. The third-order valence-corrected chi connectivity index (χ3v) is 3.99. The van der Waals surface area contributed by atoms with Gasteiger partial charge in [0.25, 0.3) is 0 Å². The van der Waals surface area contributed by atoms with Crippen LogP contribution in [0.15, 0.2) is 38.5 Å². The highest BCUT2D eigenvalue weighted by Crippen LogP contribution is 2.28. The molecule has 0 bridgehead atoms. The van der Waals surface area contributed by atoms with E-state index < -0.39 is 5.97 Å². The number of carboxylic acids is 1. The van der Waals surface area contributed by atoms with Gasteiger partial charge < -0.3 is 9.52 Å². The molecule has 0 atom stereocenters. The second-order valence-electron chi connectivity index (χ2n) is 2.80. The summed E-state index contributed by atoms with van der Waals surface area (Å²) in [5, 5.41) is 10.8. The lowest BCUT2D eigenvalue weighted by molar-refractivity contribution is 0.0661. The number of carbonyl (C=O) groups is 1. The van der Waals surface area contributed by atoms with Crippen LogP contribution in [0.25, 0.3) is 0 Å². The highest BCUT2D eigenvalue weighted by molar-refractivity contribution is 8.00. The van der Waals surface area contributed by atoms with Crippen molar-refractivity contribution in [3.05, 3.63) is 41.2 Å². The molecule has 0 unspecified atom stereocenters. The van der Waals surface area contributed by atoms with Crippen molar-refractivity contribution in [3.8, 4) is 0 Å². The Kier molecular flexibility index (Phi) is 3.13. The van der Waals surface area contributed by atoms with Crippen molar-refractivity contribution in [1.82, 2.24) is 0 Å². The molecule has 2 heterocycles. The molecule has 2 rings (SSSR count). The average molecular weight is 240 g/mol. The predicted octanol–water partition coefficient (Wildman–Crippen LogP) is 3.33. The van der Waals surface area contributed by atoms with Gasteiger partial charge in [-0.3, -0.25) is 0 Å². The Labute approximate surface area is 94.7 Å². The monoisotopic (exact) mass is 240 g/mol. The maximum Gasteiger partial charge on any atom is 0.372 e. The van der Waals surface area contributed by atoms with E-state index in [4.69, 9.17) is 9.52 Å². The summed E-state index contributed by atoms with van der Waals surface area (Å²) in [5.74, 6) is -0.348. The van der Waals surface area contributed by atoms with E-state index in [1.165, 1.54) is 10.5 Å². The third kappa shape index (κ3) is 2.43. The number of rotatable bonds is 4. The summed E-state index contributed by atoms with van der Waals surface area (Å²) in [6.45, 7) is 0. The molecule has 0 spiro atoms. The van der Waals surface area contributed by atoms with Crippen LogP contribution in [0, 0.1) is 0 Å². The molecule has 15 heavy (non-hydrogen) atoms. The quantitative estimate of drug-likeness (QED) is 0.833. The molecule has 2 aromatic rings. The summed E-state index contributed by atoms with van der Waals surface area (Å²) in [6, 6.07) is 5.68. The van der Waals surface area contributed by atoms with E-state index in [0.29, 0.717) is 5.75 Å². The Morgan fingerprint density at radius 2 is 2.40 bits per heavy atom. The minimum Gasteiger partial charge on any atom is -0.475 e. The standard InChI is InChI=1S/C10H8O3S2/c11-10(12)9-7(3-4-13-9)6-15-8-2-1-5-14-8/h1-5H,6H2,(H,11,12). The van der Waals surface area contributed by atoms with Crippen molar-refractivity contribution in [2.45, 2.75) is 9.96 Å². The number of hydrogen-bond donors (Lipinski definition) is 1. The first-order valence-electron chi connectivity index (χ1n) is 4.23. The van der Waals surface area contributed by atoms with Crippen LogP contribution in [0.2, 0.25) is 0 Å². The molecule has 0 amide bonds. The van der Waals surface area contributed by atoms with Gasteiger partial charge in [-0.2, -0.15) is 0 Å². The van der Waals surface area contributed by atoms with Crippen molar-refractivity contribution in [1.29, 1.82) is 0 Å². The lowest BCUT2D eigenvalue weighted by atomic mass is 10.3. The van der Waals surface area contributed by atoms with Crippen LogP contribution in [-0.2, 0) is 5.75 Å². The summed E-state index contributed by atoms with van der Waals surface area (Å²) in [4.78, 5) is 10.7. The van der Waals surface area contributed by atoms with Crippen molar-refractivity contribution in [2.24, 2.45) is 0 Å². The molecule has 3 nitrogen and oxygen atoms in total. The number of aromatic carboxylic acids is 1. The molecule has 0 radical (unpaired) electrons. The Hall–Kier alpha value is -1.20. The van der Waals surface area contributed by atoms with Gasteiger partial charge in [0.1, 0.15) is 0 Å². The summed E-state index contributed by atoms with van der Waals surface area (Å²) in [5.41, 5.74) is 0.723. The van der Waals surface area contributed by atoms with E-state index >= 15 is 0 Å². The summed E-state index contributed by atoms with van der Waals surface area (Å²) >= 11 is 3.26. The zero-order valence-corrected chi connectivity index (χ0v) is 9.31. The molecule has 1 N–H and O–H groups in total. The van der Waals surface area contributed by atoms with Gasteiger partial charge >= 0.3 is 5.97 Å². The van der Waals surface area contributed by atoms with Gasteiger partial charge in [0.2, 0.25) is 5.76 Å². The second-order valence-corrected chi connectivity index (χ2v) is 5.02. The summed E-state index contributed by atoms with van der Waals surface area (Å²) < 4.78 is 6.06. The van der Waals surface area contributed by atoms with Gasteiger partial charge in [-0.15, -0.1) is 23.1 Å². The van der Waals surface area contributed by atoms with Crippen LogP contribution < -0.4 is 0 Å². The zero-order valence-electron chi connectivity index (χ0n) is 7.67. The lowest BCUT2D eigenvalue weighted by Crippen LogP contribution is -1.97. The highest BCUT2D eigenvalue weighted by Gasteiger charge is 2.13. The molecule has 0 fully saturated rings. The molecule has 0 aliphatic heterocycles. The minimum atomic E-state index is -1.01. The van der Waals surface area contributed by atoms with E-state index in [9.17, 15) is 4.79 Å². The van der Waals surface area contributed by atoms with Crippen molar-refractivity contribution < 1.29 is 14.3 Å². The Morgan fingerprint density at radius 1 is 1.53 bits per heavy atom. The van der Waals surface area contributed by atoms with Crippen LogP contribution >= 0.6 is 23.1 Å². The first kappa shape index (κ1) is 10.3. The molecule has 0 aromatic carbocycles. The third-order valence-electron chi connectivity index (χ3n) is 1.81. The van der Waals surface area contributed by atoms with Gasteiger partial charge in [0.05, 0.1) is 10.5 Å². The number of carboxylic acid groups (broad SMARTS) is 1. The van der Waals surface area contributed by atoms with Gasteiger partial charge in [-0.05, 0) is 17.5 Å². The van der Waals surface area contributed by atoms with E-state index in [1.807, 2.05) is 17.5 Å². The molecular formula is C10H8O3S2. The van der Waals surface area contributed by atoms with Gasteiger partial charge in [-0.25, -0.2) is 4.79 Å². The fraction of sp³-hybridized carbons (Fsp3) is 0.100. The van der Waals surface area contributed by atoms with Crippen LogP contribution in [0.1, 0.15) is 16.1 Å². The minimum absolute atomic E-state index is 0.0408. The smallest absolute Gasteiger partial charge is 0.372 e. The van der Waals surface area contributed by atoms with Gasteiger partial charge in [-0.1, -0.05) is 6.07 Å². The molecule has 0 saturated carbocycles. The Morgan fingerprint density at radius 3 is 3.07 bits per heavy atom. The highest BCUT2D eigenvalue weighted by atomic mass is 32.2. The second kappa shape index (κ2) is 4.55. The van der Waals surface area contributed by atoms with Crippen LogP contribution in [0.3, 0.4) is 0 Å². The molecule has 2 aromatic heterocycles. The maximum atomic E-state index is 10.7. The number of hydrogen-bond acceptors (Lipinski definition) is 4. The molecule has 78 valence electrons. The SMILES string of the molecule is O=C(O)c1occc1CSc1cccs1. The molecule has 0 aliphatic rings. The van der Waals surface area contributed by atoms with E-state index in [-0.39, 0.29) is 5.76 Å². The van der Waals surface area contributed by atoms with Crippen molar-refractivity contribution >= 4 is 29.1 Å². The van der Waals surface area contributed by atoms with E-state index in [1.54, 1.807) is 29.2 Å². The molecule has 0 aliphatic carbocycles. The van der Waals surface area contributed by atoms with Crippen molar-refractivity contribution in [2.75, 3.05) is 0 Å². The Bertz CT molecular complexity index is 445. The van der Waals surface area contributed by atoms with Crippen molar-refractivity contribution in [3.63, 3.8) is 0 Å². The van der Waals surface area contributed by atoms with E-state index in [0.717, 1.165) is 5.56 Å². The number of furan rings is 1. The lowest BCUT2D eigenvalue weighted by Gasteiger charge is -1.96. The normalized spacial score (nSPS) is 10.4. The maximum absolute atomic E-state index is 10.7. The molecular weight excluding hydrogens is 232 g/mol. The Balaban J connectivity index is 2.05. The average Bonchev–Trinajstić information content (AvgIpc) is 2.86. The fourth-order valence-electron chi connectivity index (χ4n) is 1.13. The predicted molar refractivity (Wildman–Crippen MR) is 59.5 cm³/mol. The van der Waals surface area contributed by atoms with Gasteiger partial charge in [0, 0.05) is 11.3 Å². The summed E-state index contributed by atoms with van der Waals surface area (Å²) in [6.07, 6.45) is 1.41.